The van der Waals surface area contributed by atoms with Gasteiger partial charge in [-0.05, 0) is 73.9 Å². The van der Waals surface area contributed by atoms with Crippen molar-refractivity contribution in [3.63, 3.8) is 0 Å². The molecule has 1 amide bonds. The second kappa shape index (κ2) is 7.36. The minimum Gasteiger partial charge on any atom is -0.322 e. The molecule has 0 aliphatic heterocycles. The quantitative estimate of drug-likeness (QED) is 0.547. The average molecular weight is 383 g/mol. The Labute approximate surface area is 169 Å². The first-order chi connectivity index (χ1) is 13.9. The van der Waals surface area contributed by atoms with Crippen molar-refractivity contribution in [3.05, 3.63) is 94.8 Å². The van der Waals surface area contributed by atoms with Gasteiger partial charge in [0, 0.05) is 16.8 Å². The van der Waals surface area contributed by atoms with E-state index in [9.17, 15) is 9.59 Å². The van der Waals surface area contributed by atoms with Crippen molar-refractivity contribution in [2.75, 3.05) is 5.32 Å². The van der Waals surface area contributed by atoms with Crippen molar-refractivity contribution in [1.29, 1.82) is 0 Å². The number of carbonyl (C=O) groups is 2. The van der Waals surface area contributed by atoms with Crippen LogP contribution in [-0.4, -0.2) is 21.4 Å². The molecule has 1 aromatic heterocycles. The molecule has 3 aromatic carbocycles. The van der Waals surface area contributed by atoms with Crippen LogP contribution in [0.1, 0.15) is 37.4 Å². The van der Waals surface area contributed by atoms with Crippen LogP contribution in [0.3, 0.4) is 0 Å². The summed E-state index contributed by atoms with van der Waals surface area (Å²) in [6.45, 7) is 5.94. The predicted molar refractivity (Wildman–Crippen MR) is 115 cm³/mol. The smallest absolute Gasteiger partial charge is 0.263 e. The normalized spacial score (nSPS) is 10.9. The van der Waals surface area contributed by atoms with Crippen LogP contribution < -0.4 is 5.32 Å². The first-order valence-corrected chi connectivity index (χ1v) is 9.40. The van der Waals surface area contributed by atoms with Gasteiger partial charge in [-0.15, -0.1) is 0 Å². The van der Waals surface area contributed by atoms with Crippen LogP contribution in [0.2, 0.25) is 0 Å². The number of rotatable bonds is 3. The van der Waals surface area contributed by atoms with Crippen LogP contribution in [0.4, 0.5) is 5.69 Å². The van der Waals surface area contributed by atoms with Gasteiger partial charge in [-0.25, -0.2) is 4.98 Å². The number of benzene rings is 3. The van der Waals surface area contributed by atoms with Crippen molar-refractivity contribution < 1.29 is 9.59 Å². The molecular formula is C24H21N3O2. The lowest BCUT2D eigenvalue weighted by Crippen LogP contribution is -2.15. The molecule has 0 unspecified atom stereocenters. The molecule has 0 atom stereocenters. The lowest BCUT2D eigenvalue weighted by Gasteiger charge is -2.11. The molecule has 0 fully saturated rings. The number of imidazole rings is 1. The standard InChI is InChI=1S/C24H21N3O2/c1-15-9-10-19(13-20(15)26-23(28)18-7-5-4-6-8-18)24(29)27-14-25-21-11-16(2)17(3)12-22(21)27/h4-14H,1-3H3,(H,26,28). The SMILES string of the molecule is Cc1cc2ncn(C(=O)c3ccc(C)c(NC(=O)c4ccccc4)c3)c2cc1C. The van der Waals surface area contributed by atoms with Gasteiger partial charge in [-0.3, -0.25) is 14.2 Å². The molecule has 0 radical (unpaired) electrons. The van der Waals surface area contributed by atoms with Crippen molar-refractivity contribution in [3.8, 4) is 0 Å². The van der Waals surface area contributed by atoms with Gasteiger partial charge >= 0.3 is 0 Å². The zero-order valence-electron chi connectivity index (χ0n) is 16.6. The van der Waals surface area contributed by atoms with Crippen molar-refractivity contribution in [1.82, 2.24) is 9.55 Å². The minimum absolute atomic E-state index is 0.189. The third-order valence-corrected chi connectivity index (χ3v) is 5.15. The van der Waals surface area contributed by atoms with E-state index in [0.717, 1.165) is 27.7 Å². The van der Waals surface area contributed by atoms with E-state index in [0.29, 0.717) is 16.8 Å². The Hall–Kier alpha value is -3.73. The van der Waals surface area contributed by atoms with Crippen LogP contribution in [-0.2, 0) is 0 Å². The molecule has 1 N–H and O–H groups in total. The van der Waals surface area contributed by atoms with Crippen LogP contribution in [0.5, 0.6) is 0 Å². The average Bonchev–Trinajstić information content (AvgIpc) is 3.12. The maximum atomic E-state index is 13.1. The Morgan fingerprint density at radius 1 is 0.828 bits per heavy atom. The number of fused-ring (bicyclic) bond motifs is 1. The highest BCUT2D eigenvalue weighted by atomic mass is 16.2. The highest BCUT2D eigenvalue weighted by Crippen LogP contribution is 2.22. The van der Waals surface area contributed by atoms with E-state index in [1.165, 1.54) is 0 Å². The number of hydrogen-bond donors (Lipinski definition) is 1. The summed E-state index contributed by atoms with van der Waals surface area (Å²) in [5.41, 5.74) is 6.34. The molecule has 1 heterocycles. The zero-order valence-corrected chi connectivity index (χ0v) is 16.6. The molecule has 0 saturated carbocycles. The van der Waals surface area contributed by atoms with Gasteiger partial charge in [-0.1, -0.05) is 24.3 Å². The van der Waals surface area contributed by atoms with Gasteiger partial charge in [0.25, 0.3) is 11.8 Å². The van der Waals surface area contributed by atoms with Gasteiger partial charge in [0.05, 0.1) is 11.0 Å². The maximum absolute atomic E-state index is 13.1. The number of hydrogen-bond acceptors (Lipinski definition) is 3. The van der Waals surface area contributed by atoms with Crippen molar-refractivity contribution >= 4 is 28.5 Å². The Morgan fingerprint density at radius 3 is 2.31 bits per heavy atom. The fourth-order valence-corrected chi connectivity index (χ4v) is 3.24. The summed E-state index contributed by atoms with van der Waals surface area (Å²) in [6.07, 6.45) is 1.55. The van der Waals surface area contributed by atoms with E-state index < -0.39 is 0 Å². The third kappa shape index (κ3) is 3.55. The molecule has 5 nitrogen and oxygen atoms in total. The number of aromatic nitrogens is 2. The second-order valence-electron chi connectivity index (χ2n) is 7.19. The van der Waals surface area contributed by atoms with Crippen LogP contribution in [0.15, 0.2) is 67.0 Å². The van der Waals surface area contributed by atoms with Crippen molar-refractivity contribution in [2.45, 2.75) is 20.8 Å². The summed E-state index contributed by atoms with van der Waals surface area (Å²) in [4.78, 5) is 30.0. The highest BCUT2D eigenvalue weighted by Gasteiger charge is 2.16. The van der Waals surface area contributed by atoms with Crippen LogP contribution in [0, 0.1) is 20.8 Å². The summed E-state index contributed by atoms with van der Waals surface area (Å²) in [6, 6.07) is 18.3. The summed E-state index contributed by atoms with van der Waals surface area (Å²) in [5, 5.41) is 2.90. The first-order valence-electron chi connectivity index (χ1n) is 9.40. The number of nitrogens with zero attached hydrogens (tertiary/aromatic N) is 2. The van der Waals surface area contributed by atoms with E-state index in [2.05, 4.69) is 10.3 Å². The molecule has 0 aliphatic carbocycles. The minimum atomic E-state index is -0.211. The number of aryl methyl sites for hydroxylation is 3. The Bertz CT molecular complexity index is 1240. The third-order valence-electron chi connectivity index (χ3n) is 5.15. The Kier molecular flexibility index (Phi) is 4.72. The number of anilines is 1. The molecule has 4 rings (SSSR count). The molecule has 0 spiro atoms. The lowest BCUT2D eigenvalue weighted by molar-refractivity contribution is 0.0962. The number of nitrogens with one attached hydrogen (secondary N) is 1. The lowest BCUT2D eigenvalue weighted by atomic mass is 10.1. The number of carbonyl (C=O) groups excluding carboxylic acids is 2. The summed E-state index contributed by atoms with van der Waals surface area (Å²) < 4.78 is 1.55. The molecule has 4 aromatic rings. The molecule has 144 valence electrons. The molecule has 5 heteroatoms. The van der Waals surface area contributed by atoms with E-state index in [-0.39, 0.29) is 11.8 Å². The topological polar surface area (TPSA) is 64.0 Å². The number of amides is 1. The molecule has 0 bridgehead atoms. The van der Waals surface area contributed by atoms with E-state index in [4.69, 9.17) is 0 Å². The zero-order chi connectivity index (χ0) is 20.5. The van der Waals surface area contributed by atoms with Crippen LogP contribution in [0.25, 0.3) is 11.0 Å². The summed E-state index contributed by atoms with van der Waals surface area (Å²) in [5.74, 6) is -0.400. The molecule has 0 aliphatic rings. The fourth-order valence-electron chi connectivity index (χ4n) is 3.24. The van der Waals surface area contributed by atoms with Crippen molar-refractivity contribution in [2.24, 2.45) is 0 Å². The summed E-state index contributed by atoms with van der Waals surface area (Å²) in [7, 11) is 0. The van der Waals surface area contributed by atoms with Gasteiger partial charge in [0.2, 0.25) is 0 Å². The molecular weight excluding hydrogens is 362 g/mol. The van der Waals surface area contributed by atoms with E-state index in [1.54, 1.807) is 35.2 Å². The molecule has 0 saturated heterocycles. The second-order valence-corrected chi connectivity index (χ2v) is 7.19. The van der Waals surface area contributed by atoms with Gasteiger partial charge < -0.3 is 5.32 Å². The molecule has 29 heavy (non-hydrogen) atoms. The predicted octanol–water partition coefficient (Wildman–Crippen LogP) is 4.90. The highest BCUT2D eigenvalue weighted by molar-refractivity contribution is 6.06. The van der Waals surface area contributed by atoms with Crippen LogP contribution >= 0.6 is 0 Å². The Balaban J connectivity index is 1.68. The maximum Gasteiger partial charge on any atom is 0.263 e. The summed E-state index contributed by atoms with van der Waals surface area (Å²) >= 11 is 0. The van der Waals surface area contributed by atoms with Gasteiger partial charge in [0.1, 0.15) is 6.33 Å². The van der Waals surface area contributed by atoms with Gasteiger partial charge in [0.15, 0.2) is 0 Å². The largest absolute Gasteiger partial charge is 0.322 e. The monoisotopic (exact) mass is 383 g/mol. The first kappa shape index (κ1) is 18.6. The van der Waals surface area contributed by atoms with Gasteiger partial charge in [-0.2, -0.15) is 0 Å². The van der Waals surface area contributed by atoms with E-state index in [1.807, 2.05) is 57.2 Å². The van der Waals surface area contributed by atoms with E-state index >= 15 is 0 Å². The fraction of sp³-hybridized carbons (Fsp3) is 0.125. The Morgan fingerprint density at radius 2 is 1.55 bits per heavy atom.